The minimum Gasteiger partial charge on any atom is -0.346 e. The molecule has 0 unspecified atom stereocenters. The first kappa shape index (κ1) is 16.0. The summed E-state index contributed by atoms with van der Waals surface area (Å²) in [4.78, 5) is 26.6. The quantitative estimate of drug-likeness (QED) is 0.587. The highest BCUT2D eigenvalue weighted by atomic mass is 16.2. The van der Waals surface area contributed by atoms with E-state index >= 15 is 0 Å². The molecule has 1 N–H and O–H groups in total. The number of nitrogens with zero attached hydrogens (tertiary/aromatic N) is 3. The van der Waals surface area contributed by atoms with Crippen LogP contribution in [0.3, 0.4) is 0 Å². The number of H-pyrrole nitrogens is 1. The summed E-state index contributed by atoms with van der Waals surface area (Å²) in [6.07, 6.45) is 9.36. The van der Waals surface area contributed by atoms with E-state index in [1.165, 1.54) is 10.9 Å². The molecule has 27 heavy (non-hydrogen) atoms. The van der Waals surface area contributed by atoms with Crippen molar-refractivity contribution in [3.63, 3.8) is 0 Å². The van der Waals surface area contributed by atoms with Gasteiger partial charge in [0.15, 0.2) is 0 Å². The average Bonchev–Trinajstić information content (AvgIpc) is 3.22. The molecule has 5 rings (SSSR count). The van der Waals surface area contributed by atoms with Crippen LogP contribution in [0.1, 0.15) is 34.7 Å². The molecule has 3 aromatic heterocycles. The van der Waals surface area contributed by atoms with Gasteiger partial charge in [-0.25, -0.2) is 4.98 Å². The summed E-state index contributed by atoms with van der Waals surface area (Å²) >= 11 is 0. The van der Waals surface area contributed by atoms with Gasteiger partial charge in [0, 0.05) is 54.2 Å². The van der Waals surface area contributed by atoms with E-state index in [9.17, 15) is 4.79 Å². The Balaban J connectivity index is 1.33. The highest BCUT2D eigenvalue weighted by Crippen LogP contribution is 2.32. The second-order valence-corrected chi connectivity index (χ2v) is 7.14. The maximum Gasteiger partial charge on any atom is 0.253 e. The Kier molecular flexibility index (Phi) is 3.85. The third-order valence-electron chi connectivity index (χ3n) is 5.60. The fourth-order valence-corrected chi connectivity index (χ4v) is 4.13. The summed E-state index contributed by atoms with van der Waals surface area (Å²) in [7, 11) is 0. The Morgan fingerprint density at radius 2 is 1.93 bits per heavy atom. The van der Waals surface area contributed by atoms with Crippen LogP contribution < -0.4 is 0 Å². The van der Waals surface area contributed by atoms with Gasteiger partial charge in [-0.15, -0.1) is 0 Å². The van der Waals surface area contributed by atoms with E-state index in [0.717, 1.165) is 47.9 Å². The van der Waals surface area contributed by atoms with Crippen molar-refractivity contribution >= 4 is 27.7 Å². The van der Waals surface area contributed by atoms with Crippen LogP contribution in [-0.2, 0) is 0 Å². The number of piperidine rings is 1. The lowest BCUT2D eigenvalue weighted by Crippen LogP contribution is -2.37. The van der Waals surface area contributed by atoms with Crippen LogP contribution in [0.15, 0.2) is 61.2 Å². The summed E-state index contributed by atoms with van der Waals surface area (Å²) in [6.45, 7) is 1.57. The first-order chi connectivity index (χ1) is 13.3. The fourth-order valence-electron chi connectivity index (χ4n) is 4.13. The predicted molar refractivity (Wildman–Crippen MR) is 106 cm³/mol. The zero-order valence-corrected chi connectivity index (χ0v) is 14.9. The Bertz CT molecular complexity index is 1130. The second kappa shape index (κ2) is 6.50. The number of aromatic nitrogens is 3. The van der Waals surface area contributed by atoms with E-state index < -0.39 is 0 Å². The lowest BCUT2D eigenvalue weighted by molar-refractivity contribution is 0.0713. The van der Waals surface area contributed by atoms with Crippen LogP contribution in [-0.4, -0.2) is 38.8 Å². The number of hydrogen-bond acceptors (Lipinski definition) is 3. The van der Waals surface area contributed by atoms with Crippen molar-refractivity contribution < 1.29 is 4.79 Å². The van der Waals surface area contributed by atoms with E-state index in [1.807, 2.05) is 47.8 Å². The number of amides is 1. The van der Waals surface area contributed by atoms with Crippen molar-refractivity contribution in [1.29, 1.82) is 0 Å². The van der Waals surface area contributed by atoms with Crippen LogP contribution in [0, 0.1) is 0 Å². The monoisotopic (exact) mass is 356 g/mol. The molecular weight excluding hydrogens is 336 g/mol. The minimum atomic E-state index is 0.119. The molecule has 0 radical (unpaired) electrons. The second-order valence-electron chi connectivity index (χ2n) is 7.14. The number of rotatable bonds is 2. The minimum absolute atomic E-state index is 0.119. The maximum absolute atomic E-state index is 13.0. The smallest absolute Gasteiger partial charge is 0.253 e. The molecule has 134 valence electrons. The summed E-state index contributed by atoms with van der Waals surface area (Å²) in [5.74, 6) is 0.590. The first-order valence-corrected chi connectivity index (χ1v) is 9.34. The summed E-state index contributed by atoms with van der Waals surface area (Å²) in [5, 5.41) is 3.31. The van der Waals surface area contributed by atoms with Gasteiger partial charge in [-0.05, 0) is 60.0 Å². The standard InChI is InChI=1S/C22H20N4O/c27-22(17-1-2-18-14-23-8-3-16(18)13-17)26-11-6-15(7-12-26)19-4-9-24-21-20(19)5-10-25-21/h1-5,8-10,13-15H,6-7,11-12H2,(H,24,25). The molecule has 0 spiro atoms. The predicted octanol–water partition coefficient (Wildman–Crippen LogP) is 4.13. The average molecular weight is 356 g/mol. The largest absolute Gasteiger partial charge is 0.346 e. The maximum atomic E-state index is 13.0. The molecule has 5 nitrogen and oxygen atoms in total. The van der Waals surface area contributed by atoms with Gasteiger partial charge in [0.2, 0.25) is 0 Å². The van der Waals surface area contributed by atoms with Crippen LogP contribution in [0.5, 0.6) is 0 Å². The Morgan fingerprint density at radius 3 is 2.81 bits per heavy atom. The summed E-state index contributed by atoms with van der Waals surface area (Å²) in [6, 6.07) is 12.0. The third kappa shape index (κ3) is 2.85. The molecule has 4 aromatic rings. The molecule has 5 heteroatoms. The number of carbonyl (C=O) groups excluding carboxylic acids is 1. The summed E-state index contributed by atoms with van der Waals surface area (Å²) < 4.78 is 0. The topological polar surface area (TPSA) is 61.9 Å². The van der Waals surface area contributed by atoms with Crippen molar-refractivity contribution in [3.8, 4) is 0 Å². The number of carbonyl (C=O) groups is 1. The fraction of sp³-hybridized carbons (Fsp3) is 0.227. The molecule has 1 aliphatic rings. The molecule has 0 bridgehead atoms. The van der Waals surface area contributed by atoms with E-state index in [4.69, 9.17) is 0 Å². The van der Waals surface area contributed by atoms with E-state index in [0.29, 0.717) is 5.92 Å². The van der Waals surface area contributed by atoms with Gasteiger partial charge in [-0.1, -0.05) is 6.07 Å². The zero-order valence-electron chi connectivity index (χ0n) is 14.9. The third-order valence-corrected chi connectivity index (χ3v) is 5.60. The molecular formula is C22H20N4O. The van der Waals surface area contributed by atoms with Crippen LogP contribution in [0.4, 0.5) is 0 Å². The number of fused-ring (bicyclic) bond motifs is 2. The lowest BCUT2D eigenvalue weighted by atomic mass is 9.88. The highest BCUT2D eigenvalue weighted by molar-refractivity contribution is 5.98. The van der Waals surface area contributed by atoms with Gasteiger partial charge in [0.05, 0.1) is 0 Å². The molecule has 1 aromatic carbocycles. The molecule has 1 fully saturated rings. The lowest BCUT2D eigenvalue weighted by Gasteiger charge is -2.32. The van der Waals surface area contributed by atoms with Gasteiger partial charge >= 0.3 is 0 Å². The Labute approximate surface area is 157 Å². The SMILES string of the molecule is O=C(c1ccc2cnccc2c1)N1CCC(c2ccnc3[nH]ccc23)CC1. The highest BCUT2D eigenvalue weighted by Gasteiger charge is 2.25. The van der Waals surface area contributed by atoms with Crippen molar-refractivity contribution in [2.45, 2.75) is 18.8 Å². The first-order valence-electron chi connectivity index (χ1n) is 9.34. The van der Waals surface area contributed by atoms with Gasteiger partial charge in [0.1, 0.15) is 5.65 Å². The van der Waals surface area contributed by atoms with Crippen LogP contribution >= 0.6 is 0 Å². The van der Waals surface area contributed by atoms with Crippen LogP contribution in [0.2, 0.25) is 0 Å². The van der Waals surface area contributed by atoms with E-state index in [2.05, 4.69) is 27.1 Å². The van der Waals surface area contributed by atoms with E-state index in [-0.39, 0.29) is 5.91 Å². The number of nitrogens with one attached hydrogen (secondary N) is 1. The number of likely N-dealkylation sites (tertiary alicyclic amines) is 1. The molecule has 4 heterocycles. The van der Waals surface area contributed by atoms with Gasteiger partial charge in [-0.3, -0.25) is 9.78 Å². The van der Waals surface area contributed by atoms with Crippen molar-refractivity contribution in [2.24, 2.45) is 0 Å². The number of hydrogen-bond donors (Lipinski definition) is 1. The molecule has 0 atom stereocenters. The normalized spacial score (nSPS) is 15.5. The number of pyridine rings is 2. The van der Waals surface area contributed by atoms with Gasteiger partial charge < -0.3 is 9.88 Å². The van der Waals surface area contributed by atoms with E-state index in [1.54, 1.807) is 6.20 Å². The zero-order chi connectivity index (χ0) is 18.2. The molecule has 0 saturated carbocycles. The Morgan fingerprint density at radius 1 is 1.04 bits per heavy atom. The molecule has 1 saturated heterocycles. The molecule has 0 aliphatic carbocycles. The van der Waals surface area contributed by atoms with Gasteiger partial charge in [-0.2, -0.15) is 0 Å². The Hall–Kier alpha value is -3.21. The number of benzene rings is 1. The molecule has 1 amide bonds. The summed E-state index contributed by atoms with van der Waals surface area (Å²) in [5.41, 5.74) is 3.03. The molecule has 1 aliphatic heterocycles. The van der Waals surface area contributed by atoms with Crippen molar-refractivity contribution in [2.75, 3.05) is 13.1 Å². The van der Waals surface area contributed by atoms with Crippen LogP contribution in [0.25, 0.3) is 21.8 Å². The van der Waals surface area contributed by atoms with Crippen molar-refractivity contribution in [3.05, 3.63) is 72.3 Å². The number of aromatic amines is 1. The van der Waals surface area contributed by atoms with Crippen molar-refractivity contribution in [1.82, 2.24) is 19.9 Å². The van der Waals surface area contributed by atoms with Gasteiger partial charge in [0.25, 0.3) is 5.91 Å².